The minimum absolute atomic E-state index is 0.0113. The van der Waals surface area contributed by atoms with Crippen LogP contribution in [0.1, 0.15) is 23.9 Å². The van der Waals surface area contributed by atoms with Crippen molar-refractivity contribution in [3.05, 3.63) is 107 Å². The number of ether oxygens (including phenoxy) is 2. The normalized spacial score (nSPS) is 15.3. The van der Waals surface area contributed by atoms with Crippen LogP contribution in [-0.4, -0.2) is 34.4 Å². The van der Waals surface area contributed by atoms with Gasteiger partial charge in [-0.2, -0.15) is 0 Å². The Hall–Kier alpha value is -5.06. The predicted molar refractivity (Wildman–Crippen MR) is 150 cm³/mol. The van der Waals surface area contributed by atoms with Crippen molar-refractivity contribution in [2.75, 3.05) is 19.0 Å². The summed E-state index contributed by atoms with van der Waals surface area (Å²) in [6.45, 7) is 2.00. The van der Waals surface area contributed by atoms with Crippen molar-refractivity contribution in [2.24, 2.45) is 10.9 Å². The van der Waals surface area contributed by atoms with E-state index in [0.717, 1.165) is 29.2 Å². The summed E-state index contributed by atoms with van der Waals surface area (Å²) >= 11 is 0. The molecule has 0 radical (unpaired) electrons. The molecule has 1 aliphatic heterocycles. The molecule has 6 rings (SSSR count). The van der Waals surface area contributed by atoms with Gasteiger partial charge in [0.15, 0.2) is 29.0 Å². The Morgan fingerprint density at radius 3 is 2.40 bits per heavy atom. The zero-order valence-electron chi connectivity index (χ0n) is 22.5. The van der Waals surface area contributed by atoms with Crippen molar-refractivity contribution < 1.29 is 27.0 Å². The molecule has 3 heterocycles. The Labute approximate surface area is 238 Å². The summed E-state index contributed by atoms with van der Waals surface area (Å²) in [4.78, 5) is 17.2. The monoisotopic (exact) mass is 573 g/mol. The van der Waals surface area contributed by atoms with Gasteiger partial charge < -0.3 is 14.8 Å². The fourth-order valence-electron chi connectivity index (χ4n) is 5.00. The third-order valence-electron chi connectivity index (χ3n) is 6.92. The fraction of sp³-hybridized carbons (Fsp3) is 0.161. The molecule has 0 amide bonds. The van der Waals surface area contributed by atoms with Crippen LogP contribution in [0.3, 0.4) is 0 Å². The molecular formula is C31H23F4N5O2. The molecule has 2 aliphatic rings. The Bertz CT molecular complexity index is 1760. The second-order valence-corrected chi connectivity index (χ2v) is 9.52. The lowest BCUT2D eigenvalue weighted by molar-refractivity contribution is 0.335. The number of aliphatic imine (C=N–C) groups is 1. The van der Waals surface area contributed by atoms with Gasteiger partial charge in [-0.25, -0.2) is 27.5 Å². The van der Waals surface area contributed by atoms with Gasteiger partial charge in [-0.1, -0.05) is 24.3 Å². The number of pyridine rings is 1. The summed E-state index contributed by atoms with van der Waals surface area (Å²) in [6, 6.07) is 9.84. The van der Waals surface area contributed by atoms with Crippen LogP contribution in [0, 0.1) is 29.2 Å². The number of halogens is 4. The Morgan fingerprint density at radius 1 is 0.952 bits per heavy atom. The van der Waals surface area contributed by atoms with Crippen molar-refractivity contribution in [2.45, 2.75) is 13.3 Å². The first-order valence-corrected chi connectivity index (χ1v) is 13.1. The van der Waals surface area contributed by atoms with Crippen molar-refractivity contribution >= 4 is 34.1 Å². The van der Waals surface area contributed by atoms with Gasteiger partial charge >= 0.3 is 0 Å². The Balaban J connectivity index is 1.43. The third-order valence-corrected chi connectivity index (χ3v) is 6.92. The summed E-state index contributed by atoms with van der Waals surface area (Å²) in [7, 11) is 1.37. The molecule has 42 heavy (non-hydrogen) atoms. The lowest BCUT2D eigenvalue weighted by Gasteiger charge is -2.22. The van der Waals surface area contributed by atoms with E-state index in [1.54, 1.807) is 13.0 Å². The summed E-state index contributed by atoms with van der Waals surface area (Å²) in [5.41, 5.74) is 2.96. The van der Waals surface area contributed by atoms with E-state index in [-0.39, 0.29) is 41.7 Å². The highest BCUT2D eigenvalue weighted by atomic mass is 19.1. The number of allylic oxidation sites excluding steroid dienone is 4. The molecule has 0 bridgehead atoms. The van der Waals surface area contributed by atoms with E-state index in [1.807, 2.05) is 30.3 Å². The number of hydrogen-bond donors (Lipinski definition) is 1. The highest BCUT2D eigenvalue weighted by molar-refractivity contribution is 6.33. The highest BCUT2D eigenvalue weighted by Crippen LogP contribution is 2.43. The van der Waals surface area contributed by atoms with Gasteiger partial charge in [0.2, 0.25) is 0 Å². The Kier molecular flexibility index (Phi) is 7.15. The predicted octanol–water partition coefficient (Wildman–Crippen LogP) is 7.00. The fourth-order valence-corrected chi connectivity index (χ4v) is 5.00. The van der Waals surface area contributed by atoms with Crippen LogP contribution in [0.4, 0.5) is 34.8 Å². The third kappa shape index (κ3) is 4.98. The van der Waals surface area contributed by atoms with Gasteiger partial charge in [-0.3, -0.25) is 9.98 Å². The maximum Gasteiger partial charge on any atom is 0.179 e. The van der Waals surface area contributed by atoms with Crippen LogP contribution in [0.25, 0.3) is 11.1 Å². The number of aromatic nitrogens is 3. The first-order chi connectivity index (χ1) is 20.4. The molecule has 2 aromatic carbocycles. The number of rotatable bonds is 8. The molecule has 0 saturated heterocycles. The number of methoxy groups -OCH3 is 1. The number of nitrogens with one attached hydrogen (secondary N) is 1. The van der Waals surface area contributed by atoms with Crippen LogP contribution in [0.2, 0.25) is 0 Å². The largest absolute Gasteiger partial charge is 0.494 e. The number of nitrogens with zero attached hydrogens (tertiary/aromatic N) is 4. The second kappa shape index (κ2) is 11.1. The number of fused-ring (bicyclic) bond motifs is 3. The van der Waals surface area contributed by atoms with Crippen molar-refractivity contribution in [3.63, 3.8) is 0 Å². The van der Waals surface area contributed by atoms with E-state index in [1.165, 1.54) is 25.4 Å². The number of anilines is 2. The van der Waals surface area contributed by atoms with Crippen LogP contribution < -0.4 is 14.8 Å². The first kappa shape index (κ1) is 27.1. The van der Waals surface area contributed by atoms with Crippen LogP contribution in [-0.2, 0) is 6.42 Å². The molecule has 212 valence electrons. The average Bonchev–Trinajstić information content (AvgIpc) is 3.36. The minimum atomic E-state index is -0.917. The molecule has 1 atom stereocenters. The van der Waals surface area contributed by atoms with E-state index in [4.69, 9.17) is 14.5 Å². The van der Waals surface area contributed by atoms with Crippen LogP contribution in [0.15, 0.2) is 72.1 Å². The molecule has 11 heteroatoms. The lowest BCUT2D eigenvalue weighted by Crippen LogP contribution is -2.20. The van der Waals surface area contributed by atoms with E-state index in [2.05, 4.69) is 20.3 Å². The van der Waals surface area contributed by atoms with E-state index in [0.29, 0.717) is 11.3 Å². The van der Waals surface area contributed by atoms with Crippen molar-refractivity contribution in [1.29, 1.82) is 0 Å². The highest BCUT2D eigenvalue weighted by Gasteiger charge is 2.32. The van der Waals surface area contributed by atoms with Gasteiger partial charge in [-0.05, 0) is 25.5 Å². The molecule has 0 saturated carbocycles. The van der Waals surface area contributed by atoms with Crippen molar-refractivity contribution in [3.8, 4) is 11.5 Å². The van der Waals surface area contributed by atoms with E-state index < -0.39 is 34.9 Å². The number of hydrogen-bond acceptors (Lipinski definition) is 7. The number of benzene rings is 2. The van der Waals surface area contributed by atoms with Gasteiger partial charge in [-0.15, -0.1) is 0 Å². The smallest absolute Gasteiger partial charge is 0.179 e. The summed E-state index contributed by atoms with van der Waals surface area (Å²) < 4.78 is 69.5. The number of para-hydroxylation sites is 1. The SMILES string of the molecule is CCOc1cc(F)c(CC2C=C(c3ncc(OC)c(Nc4c(F)cncc4F)n3)C=C3C2=Nc2ccccc23)c(F)c1. The van der Waals surface area contributed by atoms with E-state index in [9.17, 15) is 8.78 Å². The first-order valence-electron chi connectivity index (χ1n) is 13.1. The van der Waals surface area contributed by atoms with Crippen LogP contribution >= 0.6 is 0 Å². The van der Waals surface area contributed by atoms with Crippen LogP contribution in [0.5, 0.6) is 11.5 Å². The Morgan fingerprint density at radius 2 is 1.69 bits per heavy atom. The molecule has 7 nitrogen and oxygen atoms in total. The van der Waals surface area contributed by atoms with Gasteiger partial charge in [0.25, 0.3) is 0 Å². The zero-order valence-corrected chi connectivity index (χ0v) is 22.5. The zero-order chi connectivity index (χ0) is 29.4. The van der Waals surface area contributed by atoms with E-state index >= 15 is 8.78 Å². The van der Waals surface area contributed by atoms with Gasteiger partial charge in [0, 0.05) is 40.3 Å². The molecular weight excluding hydrogens is 550 g/mol. The molecule has 1 N–H and O–H groups in total. The molecule has 2 aromatic heterocycles. The maximum atomic E-state index is 15.1. The summed E-state index contributed by atoms with van der Waals surface area (Å²) in [5.74, 6) is -3.38. The lowest BCUT2D eigenvalue weighted by atomic mass is 9.82. The molecule has 0 spiro atoms. The summed E-state index contributed by atoms with van der Waals surface area (Å²) in [6.07, 6.45) is 6.70. The molecule has 1 aliphatic carbocycles. The minimum Gasteiger partial charge on any atom is -0.494 e. The maximum absolute atomic E-state index is 15.1. The van der Waals surface area contributed by atoms with Crippen molar-refractivity contribution in [1.82, 2.24) is 15.0 Å². The topological polar surface area (TPSA) is 81.5 Å². The van der Waals surface area contributed by atoms with Gasteiger partial charge in [0.05, 0.1) is 43.7 Å². The second-order valence-electron chi connectivity index (χ2n) is 9.52. The van der Waals surface area contributed by atoms with Gasteiger partial charge in [0.1, 0.15) is 23.1 Å². The molecule has 1 unspecified atom stereocenters. The molecule has 0 fully saturated rings. The quantitative estimate of drug-likeness (QED) is 0.229. The molecule has 4 aromatic rings. The average molecular weight is 574 g/mol. The summed E-state index contributed by atoms with van der Waals surface area (Å²) in [5, 5.41) is 2.63. The standard InChI is InChI=1S/C31H23F4N5O2/c1-3-42-18-11-22(32)21(23(33)12-18)9-16-8-17(10-20-19-6-4-5-7-26(19)38-28(16)20)30-37-15-27(41-2)31(40-30)39-29-24(34)13-36-14-25(29)35/h4-8,10-16H,3,9H2,1-2H3,(H,36,37,39,40).